The van der Waals surface area contributed by atoms with E-state index >= 15 is 0 Å². The van der Waals surface area contributed by atoms with Crippen molar-refractivity contribution in [2.75, 3.05) is 32.8 Å². The fraction of sp³-hybridized carbons (Fsp3) is 0.875. The van der Waals surface area contributed by atoms with Crippen LogP contribution in [0.2, 0.25) is 0 Å². The van der Waals surface area contributed by atoms with Crippen molar-refractivity contribution in [3.63, 3.8) is 0 Å². The van der Waals surface area contributed by atoms with E-state index < -0.39 is 6.04 Å². The second-order valence-corrected chi connectivity index (χ2v) is 7.06. The van der Waals surface area contributed by atoms with Gasteiger partial charge in [-0.25, -0.2) is 0 Å². The number of ether oxygens (including phenoxy) is 1. The molecular formula is C16H29N3O3. The lowest BCUT2D eigenvalue weighted by atomic mass is 9.76. The van der Waals surface area contributed by atoms with E-state index in [1.807, 2.05) is 18.7 Å². The Hall–Kier alpha value is -1.14. The lowest BCUT2D eigenvalue weighted by Gasteiger charge is -2.44. The standard InChI is InChI=1S/C16H29N3O3/c1-12(2)14(17)15(21)18-9-13(20)19-7-3-5-16(10-19)6-4-8-22-11-16/h12,14H,3-11,17H2,1-2H3,(H,18,21)/t14-,16?/m0/s1. The summed E-state index contributed by atoms with van der Waals surface area (Å²) in [6.45, 7) is 6.92. The predicted molar refractivity (Wildman–Crippen MR) is 84.1 cm³/mol. The molecule has 0 bridgehead atoms. The SMILES string of the molecule is CC(C)[C@H](N)C(=O)NCC(=O)N1CCCC2(CCCOC2)C1. The number of piperidine rings is 1. The molecule has 0 saturated carbocycles. The second-order valence-electron chi connectivity index (χ2n) is 7.06. The molecule has 0 aromatic rings. The monoisotopic (exact) mass is 311 g/mol. The third-order valence-electron chi connectivity index (χ3n) is 4.85. The van der Waals surface area contributed by atoms with Crippen LogP contribution in [0.1, 0.15) is 39.5 Å². The molecule has 2 rings (SSSR count). The summed E-state index contributed by atoms with van der Waals surface area (Å²) in [5.41, 5.74) is 5.91. The lowest BCUT2D eigenvalue weighted by molar-refractivity contribution is -0.138. The summed E-state index contributed by atoms with van der Waals surface area (Å²) in [5, 5.41) is 2.67. The second kappa shape index (κ2) is 7.42. The number of likely N-dealkylation sites (tertiary alicyclic amines) is 1. The molecule has 0 aliphatic carbocycles. The molecular weight excluding hydrogens is 282 g/mol. The predicted octanol–water partition coefficient (Wildman–Crippen LogP) is 0.505. The average molecular weight is 311 g/mol. The van der Waals surface area contributed by atoms with E-state index in [4.69, 9.17) is 10.5 Å². The van der Waals surface area contributed by atoms with E-state index in [9.17, 15) is 9.59 Å². The number of rotatable bonds is 4. The van der Waals surface area contributed by atoms with Crippen LogP contribution < -0.4 is 11.1 Å². The molecule has 3 N–H and O–H groups in total. The van der Waals surface area contributed by atoms with Crippen molar-refractivity contribution in [2.45, 2.75) is 45.6 Å². The summed E-state index contributed by atoms with van der Waals surface area (Å²) < 4.78 is 5.62. The van der Waals surface area contributed by atoms with E-state index in [-0.39, 0.29) is 29.7 Å². The molecule has 2 aliphatic heterocycles. The van der Waals surface area contributed by atoms with Gasteiger partial charge in [-0.05, 0) is 31.6 Å². The molecule has 0 aromatic carbocycles. The van der Waals surface area contributed by atoms with E-state index in [0.29, 0.717) is 0 Å². The van der Waals surface area contributed by atoms with Gasteiger partial charge < -0.3 is 20.7 Å². The van der Waals surface area contributed by atoms with Crippen LogP contribution in [-0.2, 0) is 14.3 Å². The smallest absolute Gasteiger partial charge is 0.241 e. The van der Waals surface area contributed by atoms with Gasteiger partial charge in [0.25, 0.3) is 0 Å². The van der Waals surface area contributed by atoms with Crippen molar-refractivity contribution in [3.8, 4) is 0 Å². The first-order chi connectivity index (χ1) is 10.4. The van der Waals surface area contributed by atoms with Crippen LogP contribution in [0.4, 0.5) is 0 Å². The Labute approximate surface area is 132 Å². The molecule has 6 heteroatoms. The van der Waals surface area contributed by atoms with Crippen molar-refractivity contribution in [1.29, 1.82) is 0 Å². The van der Waals surface area contributed by atoms with Crippen LogP contribution >= 0.6 is 0 Å². The molecule has 0 radical (unpaired) electrons. The fourth-order valence-electron chi connectivity index (χ4n) is 3.35. The van der Waals surface area contributed by atoms with Gasteiger partial charge in [-0.2, -0.15) is 0 Å². The summed E-state index contributed by atoms with van der Waals surface area (Å²) in [6.07, 6.45) is 4.33. The van der Waals surface area contributed by atoms with Crippen LogP contribution in [0.25, 0.3) is 0 Å². The number of nitrogens with zero attached hydrogens (tertiary/aromatic N) is 1. The van der Waals surface area contributed by atoms with Crippen LogP contribution in [0, 0.1) is 11.3 Å². The topological polar surface area (TPSA) is 84.7 Å². The number of nitrogens with two attached hydrogens (primary N) is 1. The minimum absolute atomic E-state index is 0.0195. The number of hydrogen-bond donors (Lipinski definition) is 2. The summed E-state index contributed by atoms with van der Waals surface area (Å²) >= 11 is 0. The summed E-state index contributed by atoms with van der Waals surface area (Å²) in [7, 11) is 0. The van der Waals surface area contributed by atoms with Crippen molar-refractivity contribution >= 4 is 11.8 Å². The van der Waals surface area contributed by atoms with Gasteiger partial charge in [0.05, 0.1) is 19.2 Å². The molecule has 1 unspecified atom stereocenters. The highest BCUT2D eigenvalue weighted by atomic mass is 16.5. The van der Waals surface area contributed by atoms with Gasteiger partial charge in [-0.3, -0.25) is 9.59 Å². The van der Waals surface area contributed by atoms with Crippen molar-refractivity contribution in [2.24, 2.45) is 17.1 Å². The van der Waals surface area contributed by atoms with Crippen molar-refractivity contribution < 1.29 is 14.3 Å². The molecule has 0 aromatic heterocycles. The Balaban J connectivity index is 1.83. The first-order valence-electron chi connectivity index (χ1n) is 8.32. The van der Waals surface area contributed by atoms with Gasteiger partial charge in [0.2, 0.25) is 11.8 Å². The Bertz CT molecular complexity index is 400. The summed E-state index contributed by atoms with van der Waals surface area (Å²) in [5.74, 6) is -0.210. The van der Waals surface area contributed by atoms with E-state index in [0.717, 1.165) is 52.0 Å². The summed E-state index contributed by atoms with van der Waals surface area (Å²) in [4.78, 5) is 26.1. The fourth-order valence-corrected chi connectivity index (χ4v) is 3.35. The number of carbonyl (C=O) groups is 2. The molecule has 6 nitrogen and oxygen atoms in total. The zero-order valence-corrected chi connectivity index (χ0v) is 13.8. The molecule has 2 atom stereocenters. The Kier molecular flexibility index (Phi) is 5.81. The number of hydrogen-bond acceptors (Lipinski definition) is 4. The maximum absolute atomic E-state index is 12.4. The molecule has 2 saturated heterocycles. The number of carbonyl (C=O) groups excluding carboxylic acids is 2. The van der Waals surface area contributed by atoms with Gasteiger partial charge >= 0.3 is 0 Å². The van der Waals surface area contributed by atoms with E-state index in [1.165, 1.54) is 0 Å². The Morgan fingerprint density at radius 3 is 2.68 bits per heavy atom. The molecule has 22 heavy (non-hydrogen) atoms. The summed E-state index contributed by atoms with van der Waals surface area (Å²) in [6, 6.07) is -0.563. The molecule has 2 amide bonds. The Morgan fingerprint density at radius 2 is 2.05 bits per heavy atom. The average Bonchev–Trinajstić information content (AvgIpc) is 2.52. The van der Waals surface area contributed by atoms with Gasteiger partial charge in [0.15, 0.2) is 0 Å². The minimum atomic E-state index is -0.563. The van der Waals surface area contributed by atoms with Gasteiger partial charge in [0.1, 0.15) is 0 Å². The maximum atomic E-state index is 12.4. The molecule has 2 fully saturated rings. The zero-order valence-electron chi connectivity index (χ0n) is 13.8. The third-order valence-corrected chi connectivity index (χ3v) is 4.85. The van der Waals surface area contributed by atoms with Crippen LogP contribution in [0.5, 0.6) is 0 Å². The van der Waals surface area contributed by atoms with Gasteiger partial charge in [-0.15, -0.1) is 0 Å². The maximum Gasteiger partial charge on any atom is 0.241 e. The number of amides is 2. The highest BCUT2D eigenvalue weighted by Gasteiger charge is 2.38. The highest BCUT2D eigenvalue weighted by molar-refractivity contribution is 5.87. The lowest BCUT2D eigenvalue weighted by Crippen LogP contribution is -2.53. The Morgan fingerprint density at radius 1 is 1.32 bits per heavy atom. The molecule has 1 spiro atoms. The van der Waals surface area contributed by atoms with Gasteiger partial charge in [0, 0.05) is 25.1 Å². The van der Waals surface area contributed by atoms with Crippen LogP contribution in [-0.4, -0.2) is 55.6 Å². The van der Waals surface area contributed by atoms with Crippen LogP contribution in [0.15, 0.2) is 0 Å². The minimum Gasteiger partial charge on any atom is -0.381 e. The van der Waals surface area contributed by atoms with E-state index in [1.54, 1.807) is 0 Å². The van der Waals surface area contributed by atoms with Crippen molar-refractivity contribution in [3.05, 3.63) is 0 Å². The number of nitrogens with one attached hydrogen (secondary N) is 1. The quantitative estimate of drug-likeness (QED) is 0.792. The largest absolute Gasteiger partial charge is 0.381 e. The molecule has 2 aliphatic rings. The van der Waals surface area contributed by atoms with Crippen molar-refractivity contribution in [1.82, 2.24) is 10.2 Å². The first-order valence-corrected chi connectivity index (χ1v) is 8.32. The highest BCUT2D eigenvalue weighted by Crippen LogP contribution is 2.37. The van der Waals surface area contributed by atoms with Crippen LogP contribution in [0.3, 0.4) is 0 Å². The normalized spacial score (nSPS) is 27.0. The van der Waals surface area contributed by atoms with Gasteiger partial charge in [-0.1, -0.05) is 13.8 Å². The van der Waals surface area contributed by atoms with E-state index in [2.05, 4.69) is 5.32 Å². The zero-order chi connectivity index (χ0) is 16.2. The first kappa shape index (κ1) is 17.2. The third kappa shape index (κ3) is 4.20. The molecule has 2 heterocycles. The molecule has 126 valence electrons.